The lowest BCUT2D eigenvalue weighted by Crippen LogP contribution is -2.50. The molecule has 0 N–H and O–H groups in total. The summed E-state index contributed by atoms with van der Waals surface area (Å²) in [7, 11) is 0. The first-order valence-corrected chi connectivity index (χ1v) is 9.89. The number of aromatic nitrogens is 2. The van der Waals surface area contributed by atoms with Crippen LogP contribution < -0.4 is 0 Å². The maximum Gasteiger partial charge on any atom is 0.254 e. The van der Waals surface area contributed by atoms with Gasteiger partial charge in [-0.25, -0.2) is 9.97 Å². The van der Waals surface area contributed by atoms with Crippen LogP contribution in [0.25, 0.3) is 11.0 Å². The van der Waals surface area contributed by atoms with E-state index in [9.17, 15) is 9.59 Å². The zero-order valence-corrected chi connectivity index (χ0v) is 17.1. The Kier molecular flexibility index (Phi) is 5.20. The second-order valence-electron chi connectivity index (χ2n) is 7.19. The lowest BCUT2D eigenvalue weighted by molar-refractivity contribution is 0.0535. The van der Waals surface area contributed by atoms with Crippen LogP contribution >= 0.6 is 11.6 Å². The van der Waals surface area contributed by atoms with Crippen LogP contribution in [0.15, 0.2) is 42.5 Å². The van der Waals surface area contributed by atoms with E-state index in [1.165, 1.54) is 0 Å². The molecule has 1 saturated heterocycles. The molecule has 1 aliphatic rings. The highest BCUT2D eigenvalue weighted by molar-refractivity contribution is 6.30. The molecule has 4 rings (SSSR count). The summed E-state index contributed by atoms with van der Waals surface area (Å²) in [6, 6.07) is 12.3. The Morgan fingerprint density at radius 1 is 0.793 bits per heavy atom. The molecule has 0 aliphatic carbocycles. The second-order valence-corrected chi connectivity index (χ2v) is 7.63. The number of carbonyl (C=O) groups excluding carboxylic acids is 2. The van der Waals surface area contributed by atoms with E-state index in [-0.39, 0.29) is 11.8 Å². The first-order valence-electron chi connectivity index (χ1n) is 9.51. The standard InChI is InChI=1S/C22H21ClN4O2/c1-14-15(2)25-20-13-17(6-7-19(20)24-14)22(29)27-10-8-26(9-11-27)21(28)16-4-3-5-18(23)12-16/h3-7,12-13H,8-11H2,1-2H3. The van der Waals surface area contributed by atoms with E-state index in [1.54, 1.807) is 46.2 Å². The van der Waals surface area contributed by atoms with Crippen LogP contribution in [0.5, 0.6) is 0 Å². The van der Waals surface area contributed by atoms with Crippen molar-refractivity contribution in [3.8, 4) is 0 Å². The quantitative estimate of drug-likeness (QED) is 0.651. The van der Waals surface area contributed by atoms with Gasteiger partial charge in [0.25, 0.3) is 11.8 Å². The molecule has 1 aliphatic heterocycles. The lowest BCUT2D eigenvalue weighted by atomic mass is 10.1. The van der Waals surface area contributed by atoms with E-state index in [0.29, 0.717) is 47.8 Å². The fraction of sp³-hybridized carbons (Fsp3) is 0.273. The third-order valence-corrected chi connectivity index (χ3v) is 5.48. The zero-order chi connectivity index (χ0) is 20.5. The first kappa shape index (κ1) is 19.3. The number of nitrogens with zero attached hydrogens (tertiary/aromatic N) is 4. The molecular weight excluding hydrogens is 388 g/mol. The highest BCUT2D eigenvalue weighted by atomic mass is 35.5. The molecule has 0 bridgehead atoms. The van der Waals surface area contributed by atoms with Crippen LogP contribution in [0, 0.1) is 13.8 Å². The van der Waals surface area contributed by atoms with Crippen molar-refractivity contribution in [1.82, 2.24) is 19.8 Å². The number of hydrogen-bond acceptors (Lipinski definition) is 4. The van der Waals surface area contributed by atoms with Gasteiger partial charge in [0.15, 0.2) is 0 Å². The molecule has 0 spiro atoms. The molecule has 148 valence electrons. The number of aryl methyl sites for hydroxylation is 2. The number of benzene rings is 2. The topological polar surface area (TPSA) is 66.4 Å². The summed E-state index contributed by atoms with van der Waals surface area (Å²) in [6.45, 7) is 5.78. The van der Waals surface area contributed by atoms with Crippen molar-refractivity contribution >= 4 is 34.4 Å². The SMILES string of the molecule is Cc1nc2ccc(C(=O)N3CCN(C(=O)c4cccc(Cl)c4)CC3)cc2nc1C. The normalized spacial score (nSPS) is 14.3. The summed E-state index contributed by atoms with van der Waals surface area (Å²) >= 11 is 5.99. The molecule has 7 heteroatoms. The first-order chi connectivity index (χ1) is 13.9. The molecule has 0 atom stereocenters. The van der Waals surface area contributed by atoms with Gasteiger partial charge in [-0.05, 0) is 50.2 Å². The van der Waals surface area contributed by atoms with Crippen molar-refractivity contribution in [3.05, 3.63) is 70.0 Å². The maximum absolute atomic E-state index is 12.9. The third-order valence-electron chi connectivity index (χ3n) is 5.25. The Morgan fingerprint density at radius 2 is 1.34 bits per heavy atom. The van der Waals surface area contributed by atoms with Crippen molar-refractivity contribution in [3.63, 3.8) is 0 Å². The Labute approximate surface area is 174 Å². The minimum absolute atomic E-state index is 0.0539. The summed E-state index contributed by atoms with van der Waals surface area (Å²) < 4.78 is 0. The molecule has 1 fully saturated rings. The molecular formula is C22H21ClN4O2. The van der Waals surface area contributed by atoms with Crippen LogP contribution in [0.4, 0.5) is 0 Å². The van der Waals surface area contributed by atoms with E-state index in [2.05, 4.69) is 9.97 Å². The largest absolute Gasteiger partial charge is 0.335 e. The average molecular weight is 409 g/mol. The van der Waals surface area contributed by atoms with Gasteiger partial charge in [-0.2, -0.15) is 0 Å². The average Bonchev–Trinajstić information content (AvgIpc) is 2.73. The Bertz CT molecular complexity index is 1110. The van der Waals surface area contributed by atoms with Gasteiger partial charge in [0.1, 0.15) is 0 Å². The van der Waals surface area contributed by atoms with Crippen LogP contribution in [0.2, 0.25) is 5.02 Å². The van der Waals surface area contributed by atoms with Gasteiger partial charge >= 0.3 is 0 Å². The number of piperazine rings is 1. The molecule has 2 heterocycles. The molecule has 0 unspecified atom stereocenters. The van der Waals surface area contributed by atoms with Crippen molar-refractivity contribution in [2.45, 2.75) is 13.8 Å². The van der Waals surface area contributed by atoms with Gasteiger partial charge in [-0.3, -0.25) is 9.59 Å². The predicted molar refractivity (Wildman–Crippen MR) is 112 cm³/mol. The van der Waals surface area contributed by atoms with Crippen molar-refractivity contribution in [2.75, 3.05) is 26.2 Å². The highest BCUT2D eigenvalue weighted by Gasteiger charge is 2.25. The van der Waals surface area contributed by atoms with Gasteiger partial charge in [0.05, 0.1) is 22.4 Å². The minimum atomic E-state index is -0.0635. The Hall–Kier alpha value is -2.99. The summed E-state index contributed by atoms with van der Waals surface area (Å²) in [5.41, 5.74) is 4.39. The fourth-order valence-corrected chi connectivity index (χ4v) is 3.65. The Morgan fingerprint density at radius 3 is 1.93 bits per heavy atom. The summed E-state index contributed by atoms with van der Waals surface area (Å²) in [5, 5.41) is 0.537. The zero-order valence-electron chi connectivity index (χ0n) is 16.4. The predicted octanol–water partition coefficient (Wildman–Crippen LogP) is 3.50. The van der Waals surface area contributed by atoms with E-state index < -0.39 is 0 Å². The maximum atomic E-state index is 12.9. The molecule has 3 aromatic rings. The monoisotopic (exact) mass is 408 g/mol. The number of hydrogen-bond donors (Lipinski definition) is 0. The third kappa shape index (κ3) is 3.93. The number of amides is 2. The number of halogens is 1. The molecule has 2 amide bonds. The smallest absolute Gasteiger partial charge is 0.254 e. The molecule has 0 saturated carbocycles. The Balaban J connectivity index is 1.45. The molecule has 0 radical (unpaired) electrons. The molecule has 29 heavy (non-hydrogen) atoms. The number of carbonyl (C=O) groups is 2. The van der Waals surface area contributed by atoms with Crippen LogP contribution in [-0.2, 0) is 0 Å². The minimum Gasteiger partial charge on any atom is -0.335 e. The molecule has 2 aromatic carbocycles. The van der Waals surface area contributed by atoms with Crippen molar-refractivity contribution < 1.29 is 9.59 Å². The van der Waals surface area contributed by atoms with E-state index >= 15 is 0 Å². The van der Waals surface area contributed by atoms with Crippen LogP contribution in [0.1, 0.15) is 32.1 Å². The highest BCUT2D eigenvalue weighted by Crippen LogP contribution is 2.18. The lowest BCUT2D eigenvalue weighted by Gasteiger charge is -2.35. The van der Waals surface area contributed by atoms with Crippen LogP contribution in [0.3, 0.4) is 0 Å². The van der Waals surface area contributed by atoms with Gasteiger partial charge in [0.2, 0.25) is 0 Å². The van der Waals surface area contributed by atoms with E-state index in [4.69, 9.17) is 11.6 Å². The van der Waals surface area contributed by atoms with E-state index in [1.807, 2.05) is 19.9 Å². The van der Waals surface area contributed by atoms with Crippen LogP contribution in [-0.4, -0.2) is 57.8 Å². The van der Waals surface area contributed by atoms with Crippen molar-refractivity contribution in [2.24, 2.45) is 0 Å². The van der Waals surface area contributed by atoms with Gasteiger partial charge in [-0.15, -0.1) is 0 Å². The van der Waals surface area contributed by atoms with Gasteiger partial charge in [-0.1, -0.05) is 17.7 Å². The second kappa shape index (κ2) is 7.79. The molecule has 1 aromatic heterocycles. The number of fused-ring (bicyclic) bond motifs is 1. The fourth-order valence-electron chi connectivity index (χ4n) is 3.46. The summed E-state index contributed by atoms with van der Waals surface area (Å²) in [6.07, 6.45) is 0. The summed E-state index contributed by atoms with van der Waals surface area (Å²) in [4.78, 5) is 38.2. The van der Waals surface area contributed by atoms with Crippen molar-refractivity contribution in [1.29, 1.82) is 0 Å². The van der Waals surface area contributed by atoms with Gasteiger partial charge < -0.3 is 9.80 Å². The molecule has 6 nitrogen and oxygen atoms in total. The van der Waals surface area contributed by atoms with Gasteiger partial charge in [0, 0.05) is 42.3 Å². The number of rotatable bonds is 2. The summed E-state index contributed by atoms with van der Waals surface area (Å²) in [5.74, 6) is -0.117. The van der Waals surface area contributed by atoms with E-state index in [0.717, 1.165) is 16.9 Å².